The molecule has 19 heavy (non-hydrogen) atoms. The molecule has 0 atom stereocenters. The van der Waals surface area contributed by atoms with Crippen molar-refractivity contribution >= 4 is 11.5 Å². The van der Waals surface area contributed by atoms with Crippen molar-refractivity contribution in [1.29, 1.82) is 0 Å². The number of benzene rings is 1. The maximum Gasteiger partial charge on any atom is 0.251 e. The van der Waals surface area contributed by atoms with Gasteiger partial charge in [-0.25, -0.2) is 13.2 Å². The van der Waals surface area contributed by atoms with Crippen LogP contribution in [-0.4, -0.2) is 11.5 Å². The van der Waals surface area contributed by atoms with Gasteiger partial charge in [-0.15, -0.1) is 0 Å². The zero-order valence-electron chi connectivity index (χ0n) is 10.0. The first kappa shape index (κ1) is 13.3. The van der Waals surface area contributed by atoms with E-state index in [-0.39, 0.29) is 12.2 Å². The first-order chi connectivity index (χ1) is 9.04. The molecule has 0 saturated carbocycles. The van der Waals surface area contributed by atoms with Gasteiger partial charge in [0, 0.05) is 12.6 Å². The second-order valence-corrected chi connectivity index (χ2v) is 3.76. The van der Waals surface area contributed by atoms with Crippen LogP contribution in [0.1, 0.15) is 6.92 Å². The molecule has 1 aromatic heterocycles. The number of hydrogen-bond donors (Lipinski definition) is 0. The van der Waals surface area contributed by atoms with Gasteiger partial charge in [0.1, 0.15) is 5.82 Å². The van der Waals surface area contributed by atoms with Crippen LogP contribution in [0.25, 0.3) is 0 Å². The Hall–Kier alpha value is -2.11. The average molecular weight is 270 g/mol. The Bertz CT molecular complexity index is 601. The molecule has 0 aliphatic carbocycles. The van der Waals surface area contributed by atoms with Gasteiger partial charge in [0.15, 0.2) is 17.5 Å². The number of anilines is 2. The largest absolute Gasteiger partial charge is 0.322 e. The van der Waals surface area contributed by atoms with Crippen molar-refractivity contribution in [2.24, 2.45) is 0 Å². The van der Waals surface area contributed by atoms with Gasteiger partial charge in [0.2, 0.25) is 0 Å². The molecule has 100 valence electrons. The van der Waals surface area contributed by atoms with Gasteiger partial charge < -0.3 is 4.90 Å². The van der Waals surface area contributed by atoms with Crippen LogP contribution in [-0.2, 0) is 0 Å². The minimum atomic E-state index is -1.42. The average Bonchev–Trinajstić information content (AvgIpc) is 2.38. The van der Waals surface area contributed by atoms with Crippen LogP contribution < -0.4 is 4.90 Å². The molecule has 0 radical (unpaired) electrons. The fourth-order valence-corrected chi connectivity index (χ4v) is 1.73. The van der Waals surface area contributed by atoms with Crippen LogP contribution in [0.15, 0.2) is 30.3 Å². The van der Waals surface area contributed by atoms with Gasteiger partial charge in [-0.1, -0.05) is 12.1 Å². The van der Waals surface area contributed by atoms with Gasteiger partial charge >= 0.3 is 0 Å². The van der Waals surface area contributed by atoms with Crippen molar-refractivity contribution in [3.05, 3.63) is 53.7 Å². The van der Waals surface area contributed by atoms with Gasteiger partial charge in [0.05, 0.1) is 5.69 Å². The molecule has 0 aliphatic rings. The molecule has 0 N–H and O–H groups in total. The summed E-state index contributed by atoms with van der Waals surface area (Å²) in [6.45, 7) is 1.77. The molecule has 0 spiro atoms. The highest BCUT2D eigenvalue weighted by Gasteiger charge is 2.19. The normalized spacial score (nSPS) is 10.6. The summed E-state index contributed by atoms with van der Waals surface area (Å²) in [5.74, 6) is -4.91. The van der Waals surface area contributed by atoms with E-state index in [1.54, 1.807) is 13.0 Å². The number of rotatable bonds is 3. The molecule has 2 rings (SSSR count). The molecule has 6 heteroatoms. The molecule has 2 aromatic rings. The van der Waals surface area contributed by atoms with E-state index in [0.29, 0.717) is 6.07 Å². The first-order valence-electron chi connectivity index (χ1n) is 5.58. The van der Waals surface area contributed by atoms with Crippen molar-refractivity contribution in [1.82, 2.24) is 4.98 Å². The van der Waals surface area contributed by atoms with E-state index in [9.17, 15) is 17.6 Å². The molecule has 1 heterocycles. The summed E-state index contributed by atoms with van der Waals surface area (Å²) in [6.07, 6.45) is 0. The highest BCUT2D eigenvalue weighted by atomic mass is 19.2. The molecule has 0 bridgehead atoms. The predicted molar refractivity (Wildman–Crippen MR) is 63.2 cm³/mol. The van der Waals surface area contributed by atoms with Crippen molar-refractivity contribution in [3.63, 3.8) is 0 Å². The highest BCUT2D eigenvalue weighted by Crippen LogP contribution is 2.28. The Labute approximate surface area is 107 Å². The van der Waals surface area contributed by atoms with Crippen LogP contribution in [0, 0.1) is 23.4 Å². The summed E-state index contributed by atoms with van der Waals surface area (Å²) in [6, 6.07) is 6.01. The standard InChI is InChI=1S/C13H10F4N2/c1-2-19(11-6-4-3-5-8(11)14)13-10(16)7-9(15)12(17)18-13/h3-7H,2H2,1H3. The first-order valence-corrected chi connectivity index (χ1v) is 5.58. The third-order valence-corrected chi connectivity index (χ3v) is 2.58. The second kappa shape index (κ2) is 5.26. The highest BCUT2D eigenvalue weighted by molar-refractivity contribution is 5.60. The summed E-state index contributed by atoms with van der Waals surface area (Å²) in [5, 5.41) is 0. The van der Waals surface area contributed by atoms with Gasteiger partial charge in [-0.3, -0.25) is 0 Å². The predicted octanol–water partition coefficient (Wildman–Crippen LogP) is 3.80. The lowest BCUT2D eigenvalue weighted by atomic mass is 10.2. The van der Waals surface area contributed by atoms with E-state index < -0.39 is 29.2 Å². The maximum atomic E-state index is 13.7. The number of para-hydroxylation sites is 1. The van der Waals surface area contributed by atoms with Crippen LogP contribution in [0.2, 0.25) is 0 Å². The molecule has 2 nitrogen and oxygen atoms in total. The fraction of sp³-hybridized carbons (Fsp3) is 0.154. The lowest BCUT2D eigenvalue weighted by molar-refractivity contribution is 0.464. The zero-order chi connectivity index (χ0) is 14.0. The van der Waals surface area contributed by atoms with E-state index in [1.165, 1.54) is 18.2 Å². The minimum Gasteiger partial charge on any atom is -0.322 e. The molecule has 0 saturated heterocycles. The Morgan fingerprint density at radius 2 is 1.68 bits per heavy atom. The minimum absolute atomic E-state index is 0.0439. The maximum absolute atomic E-state index is 13.7. The monoisotopic (exact) mass is 270 g/mol. The van der Waals surface area contributed by atoms with Crippen LogP contribution in [0.4, 0.5) is 29.1 Å². The smallest absolute Gasteiger partial charge is 0.251 e. The summed E-state index contributed by atoms with van der Waals surface area (Å²) >= 11 is 0. The lowest BCUT2D eigenvalue weighted by Crippen LogP contribution is -2.21. The molecule has 0 unspecified atom stereocenters. The molecule has 0 amide bonds. The molecule has 0 aliphatic heterocycles. The number of nitrogens with zero attached hydrogens (tertiary/aromatic N) is 2. The van der Waals surface area contributed by atoms with E-state index in [1.807, 2.05) is 0 Å². The second-order valence-electron chi connectivity index (χ2n) is 3.76. The van der Waals surface area contributed by atoms with Crippen molar-refractivity contribution in [2.45, 2.75) is 6.92 Å². The van der Waals surface area contributed by atoms with Gasteiger partial charge in [-0.2, -0.15) is 9.37 Å². The van der Waals surface area contributed by atoms with Crippen molar-refractivity contribution in [2.75, 3.05) is 11.4 Å². The van der Waals surface area contributed by atoms with Crippen LogP contribution >= 0.6 is 0 Å². The molecular weight excluding hydrogens is 260 g/mol. The van der Waals surface area contributed by atoms with E-state index in [0.717, 1.165) is 4.90 Å². The van der Waals surface area contributed by atoms with Crippen molar-refractivity contribution < 1.29 is 17.6 Å². The molecule has 1 aromatic carbocycles. The van der Waals surface area contributed by atoms with E-state index in [4.69, 9.17) is 0 Å². The molecular formula is C13H10F4N2. The Morgan fingerprint density at radius 3 is 2.32 bits per heavy atom. The third kappa shape index (κ3) is 2.52. The Kier molecular flexibility index (Phi) is 3.69. The number of hydrogen-bond acceptors (Lipinski definition) is 2. The summed E-state index contributed by atoms with van der Waals surface area (Å²) in [7, 11) is 0. The number of aromatic nitrogens is 1. The van der Waals surface area contributed by atoms with E-state index in [2.05, 4.69) is 4.98 Å². The third-order valence-electron chi connectivity index (χ3n) is 2.58. The van der Waals surface area contributed by atoms with Gasteiger partial charge in [-0.05, 0) is 19.1 Å². The lowest BCUT2D eigenvalue weighted by Gasteiger charge is -2.22. The zero-order valence-corrected chi connectivity index (χ0v) is 10.0. The Morgan fingerprint density at radius 1 is 1.00 bits per heavy atom. The topological polar surface area (TPSA) is 16.1 Å². The van der Waals surface area contributed by atoms with E-state index >= 15 is 0 Å². The van der Waals surface area contributed by atoms with Crippen molar-refractivity contribution in [3.8, 4) is 0 Å². The summed E-state index contributed by atoms with van der Waals surface area (Å²) in [5.41, 5.74) is 0.0439. The molecule has 0 fully saturated rings. The summed E-state index contributed by atoms with van der Waals surface area (Å²) in [4.78, 5) is 4.34. The SMILES string of the molecule is CCN(c1ccccc1F)c1nc(F)c(F)cc1F. The fourth-order valence-electron chi connectivity index (χ4n) is 1.73. The number of pyridine rings is 1. The summed E-state index contributed by atoms with van der Waals surface area (Å²) < 4.78 is 53.3. The number of halogens is 4. The Balaban J connectivity index is 2.55. The van der Waals surface area contributed by atoms with Crippen LogP contribution in [0.5, 0.6) is 0 Å². The van der Waals surface area contributed by atoms with Crippen LogP contribution in [0.3, 0.4) is 0 Å². The quantitative estimate of drug-likeness (QED) is 0.623. The van der Waals surface area contributed by atoms with Gasteiger partial charge in [0.25, 0.3) is 5.95 Å².